The van der Waals surface area contributed by atoms with Crippen LogP contribution in [0.1, 0.15) is 0 Å². The van der Waals surface area contributed by atoms with Crippen LogP contribution in [0.4, 0.5) is 0 Å². The predicted octanol–water partition coefficient (Wildman–Crippen LogP) is 6.43. The molecule has 0 unspecified atom stereocenters. The lowest BCUT2D eigenvalue weighted by atomic mass is 10.1. The van der Waals surface area contributed by atoms with Gasteiger partial charge in [0.05, 0.1) is 11.0 Å². The van der Waals surface area contributed by atoms with Gasteiger partial charge in [0.15, 0.2) is 0 Å². The van der Waals surface area contributed by atoms with Gasteiger partial charge in [-0.3, -0.25) is 0 Å². The number of rotatable bonds is 1. The average Bonchev–Trinajstić information content (AvgIpc) is 3.22. The molecule has 27 heavy (non-hydrogen) atoms. The van der Waals surface area contributed by atoms with Gasteiger partial charge in [0.2, 0.25) is 0 Å². The molecule has 2 heterocycles. The minimum Gasteiger partial charge on any atom is -0.344 e. The van der Waals surface area contributed by atoms with Crippen molar-refractivity contribution in [2.75, 3.05) is 0 Å². The van der Waals surface area contributed by atoms with E-state index in [1.165, 1.54) is 49.3 Å². The van der Waals surface area contributed by atoms with Crippen LogP contribution in [-0.4, -0.2) is 9.13 Å². The van der Waals surface area contributed by atoms with Gasteiger partial charge in [-0.15, -0.1) is 0 Å². The van der Waals surface area contributed by atoms with Crippen molar-refractivity contribution in [1.82, 2.24) is 9.13 Å². The molecule has 0 radical (unpaired) electrons. The zero-order chi connectivity index (χ0) is 18.0. The minimum absolute atomic E-state index is 1.20. The largest absolute Gasteiger partial charge is 0.344 e. The summed E-state index contributed by atoms with van der Waals surface area (Å²) in [5.41, 5.74) is 6.25. The third kappa shape index (κ3) is 1.85. The molecular formula is C25H18N2. The Balaban J connectivity index is 1.94. The first-order valence-electron chi connectivity index (χ1n) is 9.29. The van der Waals surface area contributed by atoms with Crippen molar-refractivity contribution in [3.05, 3.63) is 91.0 Å². The highest BCUT2D eigenvalue weighted by Crippen LogP contribution is 2.40. The summed E-state index contributed by atoms with van der Waals surface area (Å²) in [7, 11) is 2.16. The Hall–Kier alpha value is -3.52. The Morgan fingerprint density at radius 2 is 1.04 bits per heavy atom. The Bertz CT molecular complexity index is 1470. The highest BCUT2D eigenvalue weighted by molar-refractivity contribution is 6.28. The molecule has 4 aromatic carbocycles. The lowest BCUT2D eigenvalue weighted by Crippen LogP contribution is -1.93. The molecule has 0 bridgehead atoms. The minimum atomic E-state index is 1.20. The Morgan fingerprint density at radius 3 is 1.81 bits per heavy atom. The molecule has 2 aromatic heterocycles. The zero-order valence-corrected chi connectivity index (χ0v) is 15.1. The molecule has 0 aliphatic rings. The van der Waals surface area contributed by atoms with E-state index in [4.69, 9.17) is 0 Å². The lowest BCUT2D eigenvalue weighted by molar-refractivity contribution is 1.01. The van der Waals surface area contributed by atoms with E-state index in [1.807, 2.05) is 0 Å². The van der Waals surface area contributed by atoms with Gasteiger partial charge in [-0.25, -0.2) is 0 Å². The van der Waals surface area contributed by atoms with Crippen molar-refractivity contribution in [1.29, 1.82) is 0 Å². The maximum Gasteiger partial charge on any atom is 0.0548 e. The Kier molecular flexibility index (Phi) is 2.84. The topological polar surface area (TPSA) is 9.86 Å². The zero-order valence-electron chi connectivity index (χ0n) is 15.1. The molecule has 0 N–H and O–H groups in total. The summed E-state index contributed by atoms with van der Waals surface area (Å²) in [6, 6.07) is 32.6. The molecule has 2 heteroatoms. The second kappa shape index (κ2) is 5.24. The molecule has 0 amide bonds. The molecule has 2 nitrogen and oxygen atoms in total. The fourth-order valence-corrected chi connectivity index (χ4v) is 4.56. The van der Waals surface area contributed by atoms with E-state index in [2.05, 4.69) is 107 Å². The third-order valence-electron chi connectivity index (χ3n) is 5.73. The molecule has 128 valence electrons. The smallest absolute Gasteiger partial charge is 0.0548 e. The van der Waals surface area contributed by atoms with Gasteiger partial charge in [-0.05, 0) is 36.4 Å². The molecule has 0 spiro atoms. The SMILES string of the molecule is Cn1c2ccccc2c2c3c4ccccc4n(-c4ccccc4)c3ccc21. The number of hydrogen-bond donors (Lipinski definition) is 0. The number of hydrogen-bond acceptors (Lipinski definition) is 0. The first-order chi connectivity index (χ1) is 13.3. The lowest BCUT2D eigenvalue weighted by Gasteiger charge is -2.07. The van der Waals surface area contributed by atoms with E-state index in [0.717, 1.165) is 0 Å². The van der Waals surface area contributed by atoms with Gasteiger partial charge in [0, 0.05) is 45.3 Å². The van der Waals surface area contributed by atoms with Gasteiger partial charge in [-0.2, -0.15) is 0 Å². The summed E-state index contributed by atoms with van der Waals surface area (Å²) in [5.74, 6) is 0. The third-order valence-corrected chi connectivity index (χ3v) is 5.73. The van der Waals surface area contributed by atoms with E-state index >= 15 is 0 Å². The van der Waals surface area contributed by atoms with Gasteiger partial charge in [0.1, 0.15) is 0 Å². The van der Waals surface area contributed by atoms with Crippen LogP contribution in [0.2, 0.25) is 0 Å². The number of aromatic nitrogens is 2. The monoisotopic (exact) mass is 346 g/mol. The summed E-state index contributed by atoms with van der Waals surface area (Å²) in [6.07, 6.45) is 0. The molecule has 6 aromatic rings. The highest BCUT2D eigenvalue weighted by atomic mass is 15.0. The molecular weight excluding hydrogens is 328 g/mol. The van der Waals surface area contributed by atoms with Crippen molar-refractivity contribution in [2.45, 2.75) is 0 Å². The van der Waals surface area contributed by atoms with E-state index < -0.39 is 0 Å². The number of aryl methyl sites for hydroxylation is 1. The first kappa shape index (κ1) is 14.6. The molecule has 0 aliphatic carbocycles. The van der Waals surface area contributed by atoms with Crippen LogP contribution in [0.15, 0.2) is 91.0 Å². The molecule has 0 aliphatic heterocycles. The Morgan fingerprint density at radius 1 is 0.481 bits per heavy atom. The van der Waals surface area contributed by atoms with Gasteiger partial charge in [-0.1, -0.05) is 54.6 Å². The standard InChI is InChI=1S/C25H18N2/c1-26-20-13-7-5-11-18(20)24-22(26)15-16-23-25(24)19-12-6-8-14-21(19)27(23)17-9-3-2-4-10-17/h2-16H,1H3. The maximum atomic E-state index is 2.38. The van der Waals surface area contributed by atoms with Crippen LogP contribution in [0.5, 0.6) is 0 Å². The number of para-hydroxylation sites is 3. The van der Waals surface area contributed by atoms with E-state index in [9.17, 15) is 0 Å². The highest BCUT2D eigenvalue weighted by Gasteiger charge is 2.18. The quantitative estimate of drug-likeness (QED) is 0.325. The van der Waals surface area contributed by atoms with Crippen LogP contribution in [-0.2, 0) is 7.05 Å². The fraction of sp³-hybridized carbons (Fsp3) is 0.0400. The molecule has 0 saturated heterocycles. The summed E-state index contributed by atoms with van der Waals surface area (Å²) in [6.45, 7) is 0. The summed E-state index contributed by atoms with van der Waals surface area (Å²) in [4.78, 5) is 0. The van der Waals surface area contributed by atoms with Crippen LogP contribution >= 0.6 is 0 Å². The van der Waals surface area contributed by atoms with Crippen LogP contribution in [0.3, 0.4) is 0 Å². The predicted molar refractivity (Wildman–Crippen MR) is 115 cm³/mol. The second-order valence-corrected chi connectivity index (χ2v) is 7.12. The Labute approximate surface area is 156 Å². The van der Waals surface area contributed by atoms with Crippen molar-refractivity contribution in [2.24, 2.45) is 7.05 Å². The van der Waals surface area contributed by atoms with Crippen LogP contribution in [0, 0.1) is 0 Å². The normalized spacial score (nSPS) is 11.9. The van der Waals surface area contributed by atoms with Crippen molar-refractivity contribution >= 4 is 43.6 Å². The first-order valence-corrected chi connectivity index (χ1v) is 9.29. The second-order valence-electron chi connectivity index (χ2n) is 7.12. The summed E-state index contributed by atoms with van der Waals surface area (Å²) < 4.78 is 4.69. The van der Waals surface area contributed by atoms with E-state index in [0.29, 0.717) is 0 Å². The number of nitrogens with zero attached hydrogens (tertiary/aromatic N) is 2. The maximum absolute atomic E-state index is 2.38. The van der Waals surface area contributed by atoms with Crippen LogP contribution in [0.25, 0.3) is 49.3 Å². The summed E-state index contributed by atoms with van der Waals surface area (Å²) >= 11 is 0. The molecule has 0 atom stereocenters. The van der Waals surface area contributed by atoms with Crippen LogP contribution < -0.4 is 0 Å². The van der Waals surface area contributed by atoms with Gasteiger partial charge in [0.25, 0.3) is 0 Å². The number of fused-ring (bicyclic) bond motifs is 7. The van der Waals surface area contributed by atoms with Crippen molar-refractivity contribution < 1.29 is 0 Å². The molecule has 0 saturated carbocycles. The molecule has 0 fully saturated rings. The van der Waals surface area contributed by atoms with E-state index in [1.54, 1.807) is 0 Å². The molecule has 6 rings (SSSR count). The van der Waals surface area contributed by atoms with Gasteiger partial charge >= 0.3 is 0 Å². The number of benzene rings is 4. The van der Waals surface area contributed by atoms with Crippen molar-refractivity contribution in [3.63, 3.8) is 0 Å². The summed E-state index contributed by atoms with van der Waals surface area (Å²) in [5, 5.41) is 5.30. The fourth-order valence-electron chi connectivity index (χ4n) is 4.56. The van der Waals surface area contributed by atoms with E-state index in [-0.39, 0.29) is 0 Å². The van der Waals surface area contributed by atoms with Crippen molar-refractivity contribution in [3.8, 4) is 5.69 Å². The average molecular weight is 346 g/mol. The van der Waals surface area contributed by atoms with Gasteiger partial charge < -0.3 is 9.13 Å².